The highest BCUT2D eigenvalue weighted by Gasteiger charge is 2.14. The largest absolute Gasteiger partial charge is 0.318 e. The van der Waals surface area contributed by atoms with E-state index < -0.39 is 5.91 Å². The normalized spacial score (nSPS) is 10.3. The van der Waals surface area contributed by atoms with Crippen LogP contribution in [0.1, 0.15) is 10.5 Å². The van der Waals surface area contributed by atoms with Gasteiger partial charge in [-0.1, -0.05) is 50.7 Å². The molecule has 0 atom stereocenters. The van der Waals surface area contributed by atoms with Crippen molar-refractivity contribution >= 4 is 62.3 Å². The third kappa shape index (κ3) is 3.57. The smallest absolute Gasteiger partial charge is 0.276 e. The molecule has 0 saturated carbocycles. The summed E-state index contributed by atoms with van der Waals surface area (Å²) < 4.78 is 0.715. The monoisotopic (exact) mass is 379 g/mol. The van der Waals surface area contributed by atoms with Crippen LogP contribution >= 0.6 is 50.7 Å². The van der Waals surface area contributed by atoms with Gasteiger partial charge in [0, 0.05) is 4.47 Å². The molecule has 1 N–H and O–H groups in total. The number of hydrogen-bond acceptors (Lipinski definition) is 3. The lowest BCUT2D eigenvalue weighted by Crippen LogP contribution is -2.14. The number of aromatic nitrogens is 2. The molecule has 0 bridgehead atoms. The molecular weight excluding hydrogens is 376 g/mol. The lowest BCUT2D eigenvalue weighted by molar-refractivity contribution is 0.102. The van der Waals surface area contributed by atoms with Crippen molar-refractivity contribution in [2.45, 2.75) is 0 Å². The van der Waals surface area contributed by atoms with Crippen LogP contribution in [-0.4, -0.2) is 16.1 Å². The molecule has 4 nitrogen and oxygen atoms in total. The summed E-state index contributed by atoms with van der Waals surface area (Å²) in [5.41, 5.74) is 0.424. The third-order valence-corrected chi connectivity index (χ3v) is 3.37. The maximum Gasteiger partial charge on any atom is 0.276 e. The molecule has 1 aromatic heterocycles. The van der Waals surface area contributed by atoms with Crippen molar-refractivity contribution in [1.82, 2.24) is 10.2 Å². The molecule has 0 fully saturated rings. The molecule has 1 aromatic carbocycles. The van der Waals surface area contributed by atoms with E-state index in [1.165, 1.54) is 12.1 Å². The van der Waals surface area contributed by atoms with Gasteiger partial charge >= 0.3 is 0 Å². The first kappa shape index (κ1) is 14.5. The van der Waals surface area contributed by atoms with Gasteiger partial charge in [-0.25, -0.2) is 0 Å². The van der Waals surface area contributed by atoms with E-state index in [9.17, 15) is 4.79 Å². The molecule has 8 heteroatoms. The Morgan fingerprint density at radius 3 is 2.26 bits per heavy atom. The fourth-order valence-corrected chi connectivity index (χ4v) is 2.68. The summed E-state index contributed by atoms with van der Waals surface area (Å²) in [6, 6.07) is 6.16. The zero-order chi connectivity index (χ0) is 14.0. The highest BCUT2D eigenvalue weighted by molar-refractivity contribution is 9.10. The minimum atomic E-state index is -0.477. The fraction of sp³-hybridized carbons (Fsp3) is 0. The summed E-state index contributed by atoms with van der Waals surface area (Å²) in [5.74, 6) is -0.477. The Kier molecular flexibility index (Phi) is 4.62. The number of halogens is 4. The Morgan fingerprint density at radius 2 is 1.74 bits per heavy atom. The first-order valence-corrected chi connectivity index (χ1v) is 6.85. The Balaban J connectivity index is 2.26. The molecule has 19 heavy (non-hydrogen) atoms. The van der Waals surface area contributed by atoms with Crippen molar-refractivity contribution in [3.63, 3.8) is 0 Å². The molecule has 1 amide bonds. The number of carbonyl (C=O) groups is 1. The quantitative estimate of drug-likeness (QED) is 0.836. The standard InChI is InChI=1S/C11H5BrCl3N3O/c12-5-3-6(13)10(7(14)4-5)16-11(19)8-1-2-9(15)18-17-8/h1-4H,(H,16,19). The predicted octanol–water partition coefficient (Wildman–Crippen LogP) is 4.45. The summed E-state index contributed by atoms with van der Waals surface area (Å²) in [6.07, 6.45) is 0. The Hall–Kier alpha value is -0.880. The van der Waals surface area contributed by atoms with Gasteiger partial charge in [-0.2, -0.15) is 0 Å². The summed E-state index contributed by atoms with van der Waals surface area (Å²) in [4.78, 5) is 11.9. The van der Waals surface area contributed by atoms with Crippen LogP contribution in [0.15, 0.2) is 28.7 Å². The van der Waals surface area contributed by atoms with Crippen molar-refractivity contribution in [3.05, 3.63) is 49.6 Å². The minimum Gasteiger partial charge on any atom is -0.318 e. The molecule has 2 aromatic rings. The van der Waals surface area contributed by atoms with Gasteiger partial charge in [0.25, 0.3) is 5.91 Å². The highest BCUT2D eigenvalue weighted by atomic mass is 79.9. The van der Waals surface area contributed by atoms with Crippen molar-refractivity contribution < 1.29 is 4.79 Å². The van der Waals surface area contributed by atoms with E-state index in [-0.39, 0.29) is 10.8 Å². The third-order valence-electron chi connectivity index (χ3n) is 2.11. The van der Waals surface area contributed by atoms with Crippen LogP contribution in [-0.2, 0) is 0 Å². The number of carbonyl (C=O) groups excluding carboxylic acids is 1. The number of benzene rings is 1. The number of amides is 1. The molecule has 0 aliphatic carbocycles. The van der Waals surface area contributed by atoms with E-state index in [1.807, 2.05) is 0 Å². The van der Waals surface area contributed by atoms with Gasteiger partial charge in [0.2, 0.25) is 0 Å². The second-order valence-electron chi connectivity index (χ2n) is 3.44. The van der Waals surface area contributed by atoms with E-state index >= 15 is 0 Å². The average molecular weight is 381 g/mol. The number of nitrogens with one attached hydrogen (secondary N) is 1. The zero-order valence-electron chi connectivity index (χ0n) is 9.12. The summed E-state index contributed by atoms with van der Waals surface area (Å²) in [7, 11) is 0. The van der Waals surface area contributed by atoms with Crippen LogP contribution in [0.25, 0.3) is 0 Å². The molecule has 1 heterocycles. The van der Waals surface area contributed by atoms with Crippen LogP contribution in [0, 0.1) is 0 Å². The molecule has 0 aliphatic heterocycles. The van der Waals surface area contributed by atoms with Gasteiger partial charge < -0.3 is 5.32 Å². The van der Waals surface area contributed by atoms with Crippen LogP contribution in [0.3, 0.4) is 0 Å². The number of anilines is 1. The van der Waals surface area contributed by atoms with Crippen molar-refractivity contribution in [3.8, 4) is 0 Å². The van der Waals surface area contributed by atoms with Gasteiger partial charge in [-0.3, -0.25) is 4.79 Å². The zero-order valence-corrected chi connectivity index (χ0v) is 13.0. The van der Waals surface area contributed by atoms with E-state index in [0.717, 1.165) is 0 Å². The Bertz CT molecular complexity index is 611. The van der Waals surface area contributed by atoms with Crippen molar-refractivity contribution in [2.24, 2.45) is 0 Å². The van der Waals surface area contributed by atoms with Crippen LogP contribution < -0.4 is 5.32 Å². The van der Waals surface area contributed by atoms with E-state index in [2.05, 4.69) is 31.4 Å². The molecule has 0 radical (unpaired) electrons. The van der Waals surface area contributed by atoms with Crippen molar-refractivity contribution in [2.75, 3.05) is 5.32 Å². The molecule has 2 rings (SSSR count). The topological polar surface area (TPSA) is 54.9 Å². The molecule has 98 valence electrons. The van der Waals surface area contributed by atoms with E-state index in [4.69, 9.17) is 34.8 Å². The summed E-state index contributed by atoms with van der Waals surface area (Å²) in [5, 5.41) is 10.6. The predicted molar refractivity (Wildman–Crippen MR) is 79.2 cm³/mol. The number of hydrogen-bond donors (Lipinski definition) is 1. The second-order valence-corrected chi connectivity index (χ2v) is 5.56. The minimum absolute atomic E-state index is 0.111. The van der Waals surface area contributed by atoms with Gasteiger partial charge in [0.1, 0.15) is 0 Å². The molecule has 0 saturated heterocycles. The molecule has 0 aliphatic rings. The molecule has 0 unspecified atom stereocenters. The number of rotatable bonds is 2. The fourth-order valence-electron chi connectivity index (χ4n) is 1.28. The first-order chi connectivity index (χ1) is 8.97. The van der Waals surface area contributed by atoms with Crippen molar-refractivity contribution in [1.29, 1.82) is 0 Å². The molecule has 0 spiro atoms. The van der Waals surface area contributed by atoms with Crippen LogP contribution in [0.4, 0.5) is 5.69 Å². The number of nitrogens with zero attached hydrogens (tertiary/aromatic N) is 2. The first-order valence-electron chi connectivity index (χ1n) is 4.92. The molecular formula is C11H5BrCl3N3O. The van der Waals surface area contributed by atoms with Gasteiger partial charge in [-0.05, 0) is 24.3 Å². The van der Waals surface area contributed by atoms with Crippen LogP contribution in [0.5, 0.6) is 0 Å². The van der Waals surface area contributed by atoms with Gasteiger partial charge in [0.05, 0.1) is 15.7 Å². The Labute approximate surface area is 132 Å². The maximum absolute atomic E-state index is 11.9. The lowest BCUT2D eigenvalue weighted by Gasteiger charge is -2.09. The van der Waals surface area contributed by atoms with E-state index in [1.54, 1.807) is 12.1 Å². The SMILES string of the molecule is O=C(Nc1c(Cl)cc(Br)cc1Cl)c1ccc(Cl)nn1. The summed E-state index contributed by atoms with van der Waals surface area (Å²) in [6.45, 7) is 0. The van der Waals surface area contributed by atoms with E-state index in [0.29, 0.717) is 20.2 Å². The lowest BCUT2D eigenvalue weighted by atomic mass is 10.3. The maximum atomic E-state index is 11.9. The second kappa shape index (κ2) is 6.05. The Morgan fingerprint density at radius 1 is 1.11 bits per heavy atom. The van der Waals surface area contributed by atoms with Gasteiger partial charge in [0.15, 0.2) is 10.8 Å². The average Bonchev–Trinajstić information content (AvgIpc) is 2.34. The highest BCUT2D eigenvalue weighted by Crippen LogP contribution is 2.33. The van der Waals surface area contributed by atoms with Crippen LogP contribution in [0.2, 0.25) is 15.2 Å². The summed E-state index contributed by atoms with van der Waals surface area (Å²) >= 11 is 20.8. The van der Waals surface area contributed by atoms with Gasteiger partial charge in [-0.15, -0.1) is 10.2 Å².